The predicted molar refractivity (Wildman–Crippen MR) is 107 cm³/mol. The summed E-state index contributed by atoms with van der Waals surface area (Å²) in [5.74, 6) is -0.844. The van der Waals surface area contributed by atoms with E-state index in [0.717, 1.165) is 6.20 Å². The maximum absolute atomic E-state index is 14.5. The van der Waals surface area contributed by atoms with Crippen LogP contribution in [-0.4, -0.2) is 54.5 Å². The van der Waals surface area contributed by atoms with E-state index >= 15 is 0 Å². The van der Waals surface area contributed by atoms with E-state index in [0.29, 0.717) is 0 Å². The molecule has 0 spiro atoms. The topological polar surface area (TPSA) is 149 Å². The quantitative estimate of drug-likeness (QED) is 0.376. The smallest absolute Gasteiger partial charge is 0.359 e. The van der Waals surface area contributed by atoms with Gasteiger partial charge in [-0.3, -0.25) is 9.36 Å². The molecule has 2 rings (SSSR count). The van der Waals surface area contributed by atoms with Crippen molar-refractivity contribution in [3.63, 3.8) is 0 Å². The molecule has 7 unspecified atom stereocenters. The first-order chi connectivity index (χ1) is 13.7. The number of aliphatic hydroxyl groups excluding tert-OH is 2. The third-order valence-electron chi connectivity index (χ3n) is 5.95. The van der Waals surface area contributed by atoms with Gasteiger partial charge in [-0.15, -0.1) is 0 Å². The van der Waals surface area contributed by atoms with Crippen LogP contribution in [0.4, 0.5) is 4.39 Å². The molecule has 0 aliphatic carbocycles. The lowest BCUT2D eigenvalue weighted by Gasteiger charge is -2.37. The van der Waals surface area contributed by atoms with Crippen molar-refractivity contribution in [1.29, 1.82) is 0 Å². The first kappa shape index (κ1) is 25.1. The Kier molecular flexibility index (Phi) is 7.36. The van der Waals surface area contributed by atoms with Crippen LogP contribution in [-0.2, 0) is 13.8 Å². The number of aromatic nitrogens is 1. The van der Waals surface area contributed by atoms with Crippen molar-refractivity contribution in [2.45, 2.75) is 89.2 Å². The highest BCUT2D eigenvalue weighted by Crippen LogP contribution is 2.59. The zero-order valence-electron chi connectivity index (χ0n) is 17.8. The minimum Gasteiger partial charge on any atom is -0.388 e. The Morgan fingerprint density at radius 1 is 1.27 bits per heavy atom. The molecule has 1 aliphatic rings. The molecular formula is C19H31FNO8P. The fourth-order valence-electron chi connectivity index (χ4n) is 3.28. The number of rotatable bonds is 8. The molecule has 9 nitrogen and oxygen atoms in total. The molecule has 5 N–H and O–H groups in total. The molecule has 7 atom stereocenters. The molecule has 172 valence electrons. The van der Waals surface area contributed by atoms with Crippen molar-refractivity contribution in [2.24, 2.45) is 0 Å². The Morgan fingerprint density at radius 3 is 2.40 bits per heavy atom. The SMILES string of the molecule is CCC(C)(CC1OC(c2c[nH]c(=O)c(C)c2F)C(O)C1O)OP(=O)(O)C(C)(O)CC. The van der Waals surface area contributed by atoms with Crippen LogP contribution in [0.3, 0.4) is 0 Å². The van der Waals surface area contributed by atoms with Gasteiger partial charge < -0.3 is 34.5 Å². The number of ether oxygens (including phenoxy) is 1. The summed E-state index contributed by atoms with van der Waals surface area (Å²) in [6.07, 6.45) is -4.02. The molecule has 1 fully saturated rings. The standard InChI is InChI=1S/C19H31FNO8P/c1-6-18(4,29-30(26,27)19(5,25)7-2)8-12-14(22)15(23)16(28-12)11-9-21-17(24)10(3)13(11)20/h9,12,14-16,22-23,25H,6-8H2,1-5H3,(H,21,24)(H,26,27). The number of H-pyrrole nitrogens is 1. The van der Waals surface area contributed by atoms with Crippen LogP contribution in [0, 0.1) is 12.7 Å². The van der Waals surface area contributed by atoms with E-state index in [4.69, 9.17) is 9.26 Å². The average molecular weight is 451 g/mol. The van der Waals surface area contributed by atoms with Crippen molar-refractivity contribution in [1.82, 2.24) is 4.98 Å². The van der Waals surface area contributed by atoms with Gasteiger partial charge in [0.25, 0.3) is 5.56 Å². The third-order valence-corrected chi connectivity index (χ3v) is 8.18. The highest BCUT2D eigenvalue weighted by Gasteiger charge is 2.50. The first-order valence-electron chi connectivity index (χ1n) is 9.85. The molecule has 1 aromatic rings. The van der Waals surface area contributed by atoms with Crippen molar-refractivity contribution in [2.75, 3.05) is 0 Å². The van der Waals surface area contributed by atoms with E-state index in [9.17, 15) is 34.0 Å². The lowest BCUT2D eigenvalue weighted by Crippen LogP contribution is -2.40. The second-order valence-electron chi connectivity index (χ2n) is 8.28. The fourth-order valence-corrected chi connectivity index (χ4v) is 4.68. The summed E-state index contributed by atoms with van der Waals surface area (Å²) < 4.78 is 38.3. The Balaban J connectivity index is 2.27. The molecule has 1 aliphatic heterocycles. The van der Waals surface area contributed by atoms with Gasteiger partial charge in [0.15, 0.2) is 5.34 Å². The summed E-state index contributed by atoms with van der Waals surface area (Å²) >= 11 is 0. The molecule has 0 bridgehead atoms. The van der Waals surface area contributed by atoms with Crippen molar-refractivity contribution in [3.05, 3.63) is 33.5 Å². The largest absolute Gasteiger partial charge is 0.388 e. The van der Waals surface area contributed by atoms with Gasteiger partial charge in [0.1, 0.15) is 24.1 Å². The van der Waals surface area contributed by atoms with E-state index in [1.807, 2.05) is 0 Å². The number of halogens is 1. The number of aliphatic hydroxyl groups is 3. The summed E-state index contributed by atoms with van der Waals surface area (Å²) in [7, 11) is -4.46. The second-order valence-corrected chi connectivity index (χ2v) is 10.5. The van der Waals surface area contributed by atoms with Crippen LogP contribution in [0.15, 0.2) is 11.0 Å². The molecule has 0 amide bonds. The Morgan fingerprint density at radius 2 is 1.87 bits per heavy atom. The van der Waals surface area contributed by atoms with Gasteiger partial charge in [-0.05, 0) is 33.6 Å². The molecule has 30 heavy (non-hydrogen) atoms. The highest BCUT2D eigenvalue weighted by molar-refractivity contribution is 7.54. The van der Waals surface area contributed by atoms with Crippen LogP contribution in [0.25, 0.3) is 0 Å². The zero-order chi connectivity index (χ0) is 23.1. The Hall–Kier alpha value is -1.13. The monoisotopic (exact) mass is 451 g/mol. The number of aromatic amines is 1. The van der Waals surface area contributed by atoms with E-state index < -0.39 is 54.3 Å². The zero-order valence-corrected chi connectivity index (χ0v) is 18.6. The van der Waals surface area contributed by atoms with Crippen LogP contribution < -0.4 is 5.56 Å². The van der Waals surface area contributed by atoms with Gasteiger partial charge in [0, 0.05) is 18.2 Å². The molecule has 1 aromatic heterocycles. The second kappa shape index (κ2) is 8.78. The number of nitrogens with one attached hydrogen (secondary N) is 1. The predicted octanol–water partition coefficient (Wildman–Crippen LogP) is 1.86. The summed E-state index contributed by atoms with van der Waals surface area (Å²) in [5.41, 5.74) is -2.19. The van der Waals surface area contributed by atoms with E-state index in [1.165, 1.54) is 20.8 Å². The van der Waals surface area contributed by atoms with E-state index in [-0.39, 0.29) is 30.4 Å². The van der Waals surface area contributed by atoms with Gasteiger partial charge >= 0.3 is 7.60 Å². The number of hydrogen-bond donors (Lipinski definition) is 5. The number of pyridine rings is 1. The van der Waals surface area contributed by atoms with Crippen LogP contribution in [0.5, 0.6) is 0 Å². The molecule has 0 saturated carbocycles. The Labute approximate surface area is 174 Å². The summed E-state index contributed by atoms with van der Waals surface area (Å²) in [4.78, 5) is 24.2. The molecular weight excluding hydrogens is 420 g/mol. The maximum Gasteiger partial charge on any atom is 0.359 e. The Bertz CT molecular complexity index is 875. The molecule has 0 aromatic carbocycles. The highest BCUT2D eigenvalue weighted by atomic mass is 31.2. The molecule has 1 saturated heterocycles. The summed E-state index contributed by atoms with van der Waals surface area (Å²) in [5, 5.41) is 29.1. The van der Waals surface area contributed by atoms with Gasteiger partial charge in [0.05, 0.1) is 17.3 Å². The number of hydrogen-bond acceptors (Lipinski definition) is 7. The first-order valence-corrected chi connectivity index (χ1v) is 11.4. The normalized spacial score (nSPS) is 30.5. The van der Waals surface area contributed by atoms with Crippen molar-refractivity contribution >= 4 is 7.60 Å². The van der Waals surface area contributed by atoms with E-state index in [2.05, 4.69) is 4.98 Å². The van der Waals surface area contributed by atoms with Gasteiger partial charge in [-0.25, -0.2) is 4.39 Å². The molecule has 11 heteroatoms. The van der Waals surface area contributed by atoms with Crippen molar-refractivity contribution in [3.8, 4) is 0 Å². The molecule has 2 heterocycles. The van der Waals surface area contributed by atoms with E-state index in [1.54, 1.807) is 13.8 Å². The van der Waals surface area contributed by atoms with Gasteiger partial charge in [0.2, 0.25) is 0 Å². The lowest BCUT2D eigenvalue weighted by atomic mass is 9.92. The summed E-state index contributed by atoms with van der Waals surface area (Å²) in [6.45, 7) is 7.25. The molecule has 0 radical (unpaired) electrons. The van der Waals surface area contributed by atoms with Gasteiger partial charge in [-0.2, -0.15) is 0 Å². The summed E-state index contributed by atoms with van der Waals surface area (Å²) in [6, 6.07) is 0. The lowest BCUT2D eigenvalue weighted by molar-refractivity contribution is -0.0536. The van der Waals surface area contributed by atoms with Crippen molar-refractivity contribution < 1.29 is 38.4 Å². The van der Waals surface area contributed by atoms with Crippen LogP contribution in [0.1, 0.15) is 64.2 Å². The third kappa shape index (κ3) is 4.70. The minimum atomic E-state index is -4.46. The van der Waals surface area contributed by atoms with Crippen LogP contribution >= 0.6 is 7.60 Å². The fraction of sp³-hybridized carbons (Fsp3) is 0.737. The van der Waals surface area contributed by atoms with Gasteiger partial charge in [-0.1, -0.05) is 13.8 Å². The van der Waals surface area contributed by atoms with Crippen LogP contribution in [0.2, 0.25) is 0 Å². The minimum absolute atomic E-state index is 0.0191. The average Bonchev–Trinajstić information content (AvgIpc) is 2.93. The maximum atomic E-state index is 14.5.